The summed E-state index contributed by atoms with van der Waals surface area (Å²) in [5.74, 6) is 0.0545. The van der Waals surface area contributed by atoms with E-state index < -0.39 is 0 Å². The molecule has 0 radical (unpaired) electrons. The summed E-state index contributed by atoms with van der Waals surface area (Å²) in [6.07, 6.45) is 2.37. The van der Waals surface area contributed by atoms with Gasteiger partial charge < -0.3 is 19.5 Å². The van der Waals surface area contributed by atoms with Crippen molar-refractivity contribution in [1.29, 1.82) is 0 Å². The van der Waals surface area contributed by atoms with Crippen molar-refractivity contribution in [1.82, 2.24) is 19.8 Å². The average molecular weight is 451 g/mol. The van der Waals surface area contributed by atoms with Crippen LogP contribution in [0.15, 0.2) is 22.7 Å². The van der Waals surface area contributed by atoms with E-state index in [2.05, 4.69) is 21.8 Å². The fourth-order valence-corrected chi connectivity index (χ4v) is 5.01. The number of ether oxygens (including phenoxy) is 1. The maximum atomic E-state index is 12.7. The van der Waals surface area contributed by atoms with Crippen LogP contribution in [0.4, 0.5) is 0 Å². The van der Waals surface area contributed by atoms with Crippen LogP contribution >= 0.6 is 23.1 Å². The molecule has 2 aromatic rings. The van der Waals surface area contributed by atoms with E-state index in [0.717, 1.165) is 47.4 Å². The average Bonchev–Trinajstić information content (AvgIpc) is 3.48. The summed E-state index contributed by atoms with van der Waals surface area (Å²) < 4.78 is 7.93. The predicted molar refractivity (Wildman–Crippen MR) is 120 cm³/mol. The zero-order valence-electron chi connectivity index (χ0n) is 17.8. The maximum Gasteiger partial charge on any atom is 0.239 e. The molecule has 9 heteroatoms. The molecule has 0 aliphatic carbocycles. The highest BCUT2D eigenvalue weighted by Crippen LogP contribution is 2.24. The number of rotatable bonds is 10. The highest BCUT2D eigenvalue weighted by atomic mass is 32.2. The van der Waals surface area contributed by atoms with Crippen LogP contribution in [-0.4, -0.2) is 57.8 Å². The third kappa shape index (κ3) is 6.09. The Hall–Kier alpha value is -1.84. The van der Waals surface area contributed by atoms with E-state index in [4.69, 9.17) is 4.74 Å². The minimum absolute atomic E-state index is 0.0595. The molecule has 0 spiro atoms. The summed E-state index contributed by atoms with van der Waals surface area (Å²) in [7, 11) is 0. The number of aromatic nitrogens is 2. The van der Waals surface area contributed by atoms with Crippen LogP contribution in [0.3, 0.4) is 0 Å². The minimum Gasteiger partial charge on any atom is -0.376 e. The Morgan fingerprint density at radius 3 is 2.93 bits per heavy atom. The molecule has 164 valence electrons. The second-order valence-electron chi connectivity index (χ2n) is 7.36. The number of thiophene rings is 1. The van der Waals surface area contributed by atoms with Crippen LogP contribution in [0, 0.1) is 13.8 Å². The van der Waals surface area contributed by atoms with Crippen molar-refractivity contribution in [2.45, 2.75) is 58.0 Å². The lowest BCUT2D eigenvalue weighted by atomic mass is 10.2. The fourth-order valence-electron chi connectivity index (χ4n) is 3.36. The van der Waals surface area contributed by atoms with E-state index in [-0.39, 0.29) is 30.2 Å². The summed E-state index contributed by atoms with van der Waals surface area (Å²) in [6, 6.07) is 3.93. The van der Waals surface area contributed by atoms with Gasteiger partial charge in [0.2, 0.25) is 11.8 Å². The molecule has 1 atom stereocenters. The van der Waals surface area contributed by atoms with Gasteiger partial charge in [-0.05, 0) is 45.1 Å². The van der Waals surface area contributed by atoms with Crippen LogP contribution in [0.1, 0.15) is 36.0 Å². The number of hydrogen-bond donors (Lipinski definition) is 1. The summed E-state index contributed by atoms with van der Waals surface area (Å²) in [5, 5.41) is 5.70. The molecule has 0 saturated carbocycles. The molecular formula is C21H30N4O3S2. The van der Waals surface area contributed by atoms with Crippen molar-refractivity contribution in [2.24, 2.45) is 0 Å². The van der Waals surface area contributed by atoms with Crippen molar-refractivity contribution in [3.63, 3.8) is 0 Å². The molecule has 0 unspecified atom stereocenters. The zero-order chi connectivity index (χ0) is 21.5. The molecule has 1 aliphatic rings. The quantitative estimate of drug-likeness (QED) is 0.563. The number of hydrogen-bond acceptors (Lipinski definition) is 6. The lowest BCUT2D eigenvalue weighted by Gasteiger charge is -2.20. The molecule has 0 bridgehead atoms. The SMILES string of the molecule is CCN(CC(=O)NCc1cccs1)C(=O)CSc1nc(C)c(C)n1C[C@@H]1CCCO1. The van der Waals surface area contributed by atoms with E-state index >= 15 is 0 Å². The highest BCUT2D eigenvalue weighted by Gasteiger charge is 2.22. The Bertz CT molecular complexity index is 845. The van der Waals surface area contributed by atoms with Gasteiger partial charge in [0.15, 0.2) is 5.16 Å². The summed E-state index contributed by atoms with van der Waals surface area (Å²) in [6.45, 7) is 8.59. The van der Waals surface area contributed by atoms with Crippen molar-refractivity contribution >= 4 is 34.9 Å². The molecule has 1 saturated heterocycles. The lowest BCUT2D eigenvalue weighted by Crippen LogP contribution is -2.41. The minimum atomic E-state index is -0.143. The second kappa shape index (κ2) is 11.0. The van der Waals surface area contributed by atoms with Crippen LogP contribution in [0.25, 0.3) is 0 Å². The standard InChI is InChI=1S/C21H30N4O3S2/c1-4-24(13-19(26)22-11-18-8-6-10-29-18)20(27)14-30-21-23-15(2)16(3)25(21)12-17-7-5-9-28-17/h6,8,10,17H,4-5,7,9,11-14H2,1-3H3,(H,22,26)/t17-/m0/s1. The summed E-state index contributed by atoms with van der Waals surface area (Å²) in [5.41, 5.74) is 2.09. The maximum absolute atomic E-state index is 12.7. The molecule has 2 amide bonds. The molecule has 1 N–H and O–H groups in total. The van der Waals surface area contributed by atoms with E-state index in [1.807, 2.05) is 31.4 Å². The van der Waals surface area contributed by atoms with Gasteiger partial charge in [-0.3, -0.25) is 9.59 Å². The van der Waals surface area contributed by atoms with Gasteiger partial charge in [-0.25, -0.2) is 4.98 Å². The number of carbonyl (C=O) groups excluding carboxylic acids is 2. The van der Waals surface area contributed by atoms with E-state index in [0.29, 0.717) is 13.1 Å². The summed E-state index contributed by atoms with van der Waals surface area (Å²) >= 11 is 3.03. The zero-order valence-corrected chi connectivity index (χ0v) is 19.5. The van der Waals surface area contributed by atoms with Gasteiger partial charge in [-0.15, -0.1) is 11.3 Å². The second-order valence-corrected chi connectivity index (χ2v) is 9.34. The van der Waals surface area contributed by atoms with Crippen molar-refractivity contribution < 1.29 is 14.3 Å². The van der Waals surface area contributed by atoms with Gasteiger partial charge in [0.25, 0.3) is 0 Å². The molecule has 3 heterocycles. The predicted octanol–water partition coefficient (Wildman–Crippen LogP) is 3.00. The van der Waals surface area contributed by atoms with Crippen LogP contribution in [0.5, 0.6) is 0 Å². The smallest absolute Gasteiger partial charge is 0.239 e. The monoisotopic (exact) mass is 450 g/mol. The molecule has 3 rings (SSSR count). The van der Waals surface area contributed by atoms with Crippen molar-refractivity contribution in [3.8, 4) is 0 Å². The number of carbonyl (C=O) groups is 2. The first-order valence-electron chi connectivity index (χ1n) is 10.3. The van der Waals surface area contributed by atoms with Gasteiger partial charge in [0.1, 0.15) is 0 Å². The molecule has 1 aliphatic heterocycles. The number of aryl methyl sites for hydroxylation is 1. The Balaban J connectivity index is 1.53. The van der Waals surface area contributed by atoms with E-state index in [1.165, 1.54) is 11.8 Å². The van der Waals surface area contributed by atoms with Gasteiger partial charge in [0.05, 0.1) is 37.2 Å². The van der Waals surface area contributed by atoms with Gasteiger partial charge >= 0.3 is 0 Å². The number of likely N-dealkylation sites (N-methyl/N-ethyl adjacent to an activating group) is 1. The van der Waals surface area contributed by atoms with Crippen molar-refractivity contribution in [2.75, 3.05) is 25.4 Å². The Labute approximate surface area is 186 Å². The molecule has 30 heavy (non-hydrogen) atoms. The van der Waals surface area contributed by atoms with Gasteiger partial charge in [0, 0.05) is 23.7 Å². The fraction of sp³-hybridized carbons (Fsp3) is 0.571. The molecule has 0 aromatic carbocycles. The first kappa shape index (κ1) is 22.8. The molecule has 1 fully saturated rings. The first-order chi connectivity index (χ1) is 14.5. The normalized spacial score (nSPS) is 16.0. The number of nitrogens with one attached hydrogen (secondary N) is 1. The largest absolute Gasteiger partial charge is 0.376 e. The number of amides is 2. The number of nitrogens with zero attached hydrogens (tertiary/aromatic N) is 3. The third-order valence-corrected chi connectivity index (χ3v) is 7.10. The Morgan fingerprint density at radius 1 is 1.43 bits per heavy atom. The lowest BCUT2D eigenvalue weighted by molar-refractivity contribution is -0.133. The van der Waals surface area contributed by atoms with Crippen LogP contribution in [-0.2, 0) is 27.4 Å². The Kier molecular flexibility index (Phi) is 8.35. The van der Waals surface area contributed by atoms with E-state index in [9.17, 15) is 9.59 Å². The molecular weight excluding hydrogens is 420 g/mol. The van der Waals surface area contributed by atoms with Crippen LogP contribution < -0.4 is 5.32 Å². The number of imidazole rings is 1. The molecule has 2 aromatic heterocycles. The highest BCUT2D eigenvalue weighted by molar-refractivity contribution is 7.99. The van der Waals surface area contributed by atoms with Gasteiger partial charge in [-0.2, -0.15) is 0 Å². The molecule has 7 nitrogen and oxygen atoms in total. The van der Waals surface area contributed by atoms with Gasteiger partial charge in [-0.1, -0.05) is 17.8 Å². The third-order valence-electron chi connectivity index (χ3n) is 5.27. The van der Waals surface area contributed by atoms with E-state index in [1.54, 1.807) is 16.2 Å². The van der Waals surface area contributed by atoms with Crippen molar-refractivity contribution in [3.05, 3.63) is 33.8 Å². The number of thioether (sulfide) groups is 1. The summed E-state index contributed by atoms with van der Waals surface area (Å²) in [4.78, 5) is 32.3. The topological polar surface area (TPSA) is 76.5 Å². The van der Waals surface area contributed by atoms with Crippen LogP contribution in [0.2, 0.25) is 0 Å². The first-order valence-corrected chi connectivity index (χ1v) is 12.2. The Morgan fingerprint density at radius 2 is 2.27 bits per heavy atom.